The highest BCUT2D eigenvalue weighted by molar-refractivity contribution is 9.09. The maximum absolute atomic E-state index is 11.5. The lowest BCUT2D eigenvalue weighted by Crippen LogP contribution is -2.24. The molecular weight excluding hydrogens is 290 g/mol. The van der Waals surface area contributed by atoms with Gasteiger partial charge in [0, 0.05) is 18.3 Å². The lowest BCUT2D eigenvalue weighted by atomic mass is 10.1. The molecule has 0 saturated carbocycles. The van der Waals surface area contributed by atoms with Gasteiger partial charge in [-0.25, -0.2) is 0 Å². The molecule has 0 aliphatic heterocycles. The number of rotatable bonds is 9. The van der Waals surface area contributed by atoms with Crippen molar-refractivity contribution in [3.8, 4) is 0 Å². The van der Waals surface area contributed by atoms with E-state index in [9.17, 15) is 4.79 Å². The maximum Gasteiger partial charge on any atom is 0.220 e. The molecule has 1 amide bonds. The zero-order valence-corrected chi connectivity index (χ0v) is 12.4. The molecule has 0 aliphatic carbocycles. The average molecular weight is 312 g/mol. The molecule has 1 rings (SSSR count). The smallest absolute Gasteiger partial charge is 0.220 e. The molecule has 100 valence electrons. The van der Waals surface area contributed by atoms with Gasteiger partial charge in [-0.3, -0.25) is 4.79 Å². The van der Waals surface area contributed by atoms with Crippen LogP contribution >= 0.6 is 15.9 Å². The van der Waals surface area contributed by atoms with Crippen LogP contribution in [0.2, 0.25) is 0 Å². The van der Waals surface area contributed by atoms with Crippen LogP contribution in [-0.4, -0.2) is 17.8 Å². The molecule has 0 fully saturated rings. The molecule has 18 heavy (non-hydrogen) atoms. The van der Waals surface area contributed by atoms with E-state index in [0.29, 0.717) is 6.42 Å². The Morgan fingerprint density at radius 3 is 2.56 bits per heavy atom. The number of amides is 1. The van der Waals surface area contributed by atoms with Crippen LogP contribution < -0.4 is 5.32 Å². The highest BCUT2D eigenvalue weighted by atomic mass is 79.9. The van der Waals surface area contributed by atoms with Gasteiger partial charge in [0.1, 0.15) is 0 Å². The number of alkyl halides is 1. The number of unbranched alkanes of at least 4 members (excludes halogenated alkanes) is 2. The number of halogens is 1. The van der Waals surface area contributed by atoms with Crippen LogP contribution in [0.3, 0.4) is 0 Å². The van der Waals surface area contributed by atoms with Crippen molar-refractivity contribution >= 4 is 21.8 Å². The Bertz CT molecular complexity index is 327. The van der Waals surface area contributed by atoms with Gasteiger partial charge in [-0.15, -0.1) is 0 Å². The summed E-state index contributed by atoms with van der Waals surface area (Å²) in [6, 6.07) is 10.3. The van der Waals surface area contributed by atoms with Crippen LogP contribution in [0.4, 0.5) is 0 Å². The molecular formula is C15H22BrNO. The van der Waals surface area contributed by atoms with E-state index in [0.717, 1.165) is 31.1 Å². The minimum Gasteiger partial charge on any atom is -0.356 e. The molecule has 0 aliphatic rings. The number of nitrogens with one attached hydrogen (secondary N) is 1. The lowest BCUT2D eigenvalue weighted by molar-refractivity contribution is -0.121. The molecule has 0 saturated heterocycles. The summed E-state index contributed by atoms with van der Waals surface area (Å²) in [5.74, 6) is 0.185. The van der Waals surface area contributed by atoms with Crippen LogP contribution in [-0.2, 0) is 11.2 Å². The third-order valence-electron chi connectivity index (χ3n) is 2.84. The Balaban J connectivity index is 2.00. The summed E-state index contributed by atoms with van der Waals surface area (Å²) in [5, 5.41) is 4.03. The zero-order valence-electron chi connectivity index (χ0n) is 10.8. The second-order valence-electron chi connectivity index (χ2n) is 4.44. The second-order valence-corrected chi connectivity index (χ2v) is 5.23. The molecule has 3 heteroatoms. The van der Waals surface area contributed by atoms with Crippen molar-refractivity contribution in [2.24, 2.45) is 0 Å². The van der Waals surface area contributed by atoms with Gasteiger partial charge in [0.05, 0.1) is 0 Å². The zero-order chi connectivity index (χ0) is 13.1. The van der Waals surface area contributed by atoms with Crippen molar-refractivity contribution in [1.82, 2.24) is 5.32 Å². The van der Waals surface area contributed by atoms with Crippen molar-refractivity contribution < 1.29 is 4.79 Å². The number of hydrogen-bond donors (Lipinski definition) is 1. The van der Waals surface area contributed by atoms with E-state index < -0.39 is 0 Å². The van der Waals surface area contributed by atoms with Gasteiger partial charge in [0.2, 0.25) is 5.91 Å². The first kappa shape index (κ1) is 15.2. The SMILES string of the molecule is O=C(CCCc1ccccc1)NCCCCCBr. The Kier molecular flexibility index (Phi) is 8.57. The highest BCUT2D eigenvalue weighted by Gasteiger charge is 2.00. The molecule has 0 radical (unpaired) electrons. The molecule has 2 nitrogen and oxygen atoms in total. The van der Waals surface area contributed by atoms with Crippen molar-refractivity contribution in [3.63, 3.8) is 0 Å². The average Bonchev–Trinajstić information content (AvgIpc) is 2.40. The highest BCUT2D eigenvalue weighted by Crippen LogP contribution is 2.04. The van der Waals surface area contributed by atoms with Crippen molar-refractivity contribution in [2.45, 2.75) is 38.5 Å². The van der Waals surface area contributed by atoms with Crippen LogP contribution in [0.1, 0.15) is 37.7 Å². The predicted octanol–water partition coefficient (Wildman–Crippen LogP) is 3.69. The lowest BCUT2D eigenvalue weighted by Gasteiger charge is -2.05. The summed E-state index contributed by atoms with van der Waals surface area (Å²) in [7, 11) is 0. The third kappa shape index (κ3) is 7.49. The number of hydrogen-bond acceptors (Lipinski definition) is 1. The molecule has 0 unspecified atom stereocenters. The molecule has 0 atom stereocenters. The first-order valence-electron chi connectivity index (χ1n) is 6.69. The topological polar surface area (TPSA) is 29.1 Å². The quantitative estimate of drug-likeness (QED) is 0.547. The summed E-state index contributed by atoms with van der Waals surface area (Å²) < 4.78 is 0. The van der Waals surface area contributed by atoms with Crippen molar-refractivity contribution in [1.29, 1.82) is 0 Å². The van der Waals surface area contributed by atoms with Crippen LogP contribution in [0.25, 0.3) is 0 Å². The molecule has 1 aromatic rings. The molecule has 0 spiro atoms. The Morgan fingerprint density at radius 1 is 1.06 bits per heavy atom. The van der Waals surface area contributed by atoms with E-state index in [4.69, 9.17) is 0 Å². The normalized spacial score (nSPS) is 10.3. The molecule has 0 heterocycles. The van der Waals surface area contributed by atoms with Gasteiger partial charge in [0.15, 0.2) is 0 Å². The first-order chi connectivity index (χ1) is 8.83. The minimum absolute atomic E-state index is 0.185. The Morgan fingerprint density at radius 2 is 1.83 bits per heavy atom. The van der Waals surface area contributed by atoms with E-state index in [1.807, 2.05) is 18.2 Å². The predicted molar refractivity (Wildman–Crippen MR) is 80.0 cm³/mol. The van der Waals surface area contributed by atoms with Gasteiger partial charge in [-0.2, -0.15) is 0 Å². The molecule has 0 aromatic heterocycles. The summed E-state index contributed by atoms with van der Waals surface area (Å²) in [5.41, 5.74) is 1.31. The fourth-order valence-corrected chi connectivity index (χ4v) is 2.21. The van der Waals surface area contributed by atoms with E-state index in [1.54, 1.807) is 0 Å². The molecule has 0 bridgehead atoms. The summed E-state index contributed by atoms with van der Waals surface area (Å²) in [6.45, 7) is 0.817. The van der Waals surface area contributed by atoms with Gasteiger partial charge in [0.25, 0.3) is 0 Å². The number of aryl methyl sites for hydroxylation is 1. The number of benzene rings is 1. The largest absolute Gasteiger partial charge is 0.356 e. The van der Waals surface area contributed by atoms with E-state index in [2.05, 4.69) is 33.4 Å². The maximum atomic E-state index is 11.5. The van der Waals surface area contributed by atoms with Gasteiger partial charge >= 0.3 is 0 Å². The number of carbonyl (C=O) groups is 1. The first-order valence-corrected chi connectivity index (χ1v) is 7.81. The molecule has 1 aromatic carbocycles. The van der Waals surface area contributed by atoms with E-state index in [1.165, 1.54) is 18.4 Å². The van der Waals surface area contributed by atoms with E-state index in [-0.39, 0.29) is 5.91 Å². The summed E-state index contributed by atoms with van der Waals surface area (Å²) in [6.07, 6.45) is 5.98. The van der Waals surface area contributed by atoms with Crippen molar-refractivity contribution in [3.05, 3.63) is 35.9 Å². The minimum atomic E-state index is 0.185. The van der Waals surface area contributed by atoms with E-state index >= 15 is 0 Å². The summed E-state index contributed by atoms with van der Waals surface area (Å²) in [4.78, 5) is 11.5. The monoisotopic (exact) mass is 311 g/mol. The van der Waals surface area contributed by atoms with Gasteiger partial charge in [-0.05, 0) is 31.2 Å². The van der Waals surface area contributed by atoms with Crippen LogP contribution in [0.15, 0.2) is 30.3 Å². The van der Waals surface area contributed by atoms with Gasteiger partial charge in [-0.1, -0.05) is 52.7 Å². The molecule has 1 N–H and O–H groups in total. The summed E-state index contributed by atoms with van der Waals surface area (Å²) >= 11 is 3.40. The fourth-order valence-electron chi connectivity index (χ4n) is 1.81. The standard InChI is InChI=1S/C15H22BrNO/c16-12-5-2-6-13-17-15(18)11-7-10-14-8-3-1-4-9-14/h1,3-4,8-9H,2,5-7,10-13H2,(H,17,18). The van der Waals surface area contributed by atoms with Crippen LogP contribution in [0, 0.1) is 0 Å². The Hall–Kier alpha value is -0.830. The Labute approximate surface area is 118 Å². The second kappa shape index (κ2) is 10.1. The van der Waals surface area contributed by atoms with Crippen LogP contribution in [0.5, 0.6) is 0 Å². The van der Waals surface area contributed by atoms with Gasteiger partial charge < -0.3 is 5.32 Å². The third-order valence-corrected chi connectivity index (χ3v) is 3.41. The van der Waals surface area contributed by atoms with Crippen molar-refractivity contribution in [2.75, 3.05) is 11.9 Å². The fraction of sp³-hybridized carbons (Fsp3) is 0.533. The number of carbonyl (C=O) groups excluding carboxylic acids is 1.